The highest BCUT2D eigenvalue weighted by Gasteiger charge is 2.08. The number of hydrogen-bond donors (Lipinski definition) is 2. The summed E-state index contributed by atoms with van der Waals surface area (Å²) in [4.78, 5) is 23.6. The van der Waals surface area contributed by atoms with E-state index in [2.05, 4.69) is 18.5 Å². The minimum Gasteiger partial charge on any atom is -0.481 e. The van der Waals surface area contributed by atoms with Gasteiger partial charge in [-0.2, -0.15) is 0 Å². The summed E-state index contributed by atoms with van der Waals surface area (Å²) in [7, 11) is 0. The molecule has 0 aromatic carbocycles. The second-order valence-electron chi connectivity index (χ2n) is 3.92. The molecular weight excluding hydrogens is 232 g/mol. The smallest absolute Gasteiger partial charge is 0.317 e. The van der Waals surface area contributed by atoms with Crippen LogP contribution in [0.25, 0.3) is 0 Å². The van der Waals surface area contributed by atoms with Gasteiger partial charge in [-0.1, -0.05) is 18.6 Å². The average molecular weight is 254 g/mol. The largest absolute Gasteiger partial charge is 0.481 e. The van der Waals surface area contributed by atoms with Crippen LogP contribution in [0.3, 0.4) is 0 Å². The maximum atomic E-state index is 11.7. The Labute approximate surface area is 108 Å². The fourth-order valence-electron chi connectivity index (χ4n) is 1.44. The zero-order valence-corrected chi connectivity index (χ0v) is 10.7. The van der Waals surface area contributed by atoms with Crippen LogP contribution in [0, 0.1) is 0 Å². The lowest BCUT2D eigenvalue weighted by molar-refractivity contribution is -0.137. The second-order valence-corrected chi connectivity index (χ2v) is 3.92. The highest BCUT2D eigenvalue weighted by atomic mass is 16.4. The van der Waals surface area contributed by atoms with Crippen LogP contribution >= 0.6 is 0 Å². The molecule has 0 rings (SSSR count). The molecule has 0 aromatic rings. The van der Waals surface area contributed by atoms with Gasteiger partial charge < -0.3 is 15.3 Å². The van der Waals surface area contributed by atoms with Gasteiger partial charge in [0.2, 0.25) is 0 Å². The van der Waals surface area contributed by atoms with E-state index in [9.17, 15) is 9.59 Å². The maximum absolute atomic E-state index is 11.7. The summed E-state index contributed by atoms with van der Waals surface area (Å²) >= 11 is 0. The fraction of sp³-hybridized carbons (Fsp3) is 0.538. The number of hydrogen-bond acceptors (Lipinski definition) is 2. The molecule has 102 valence electrons. The third-order valence-electron chi connectivity index (χ3n) is 2.33. The SMILES string of the molecule is C=CCN(CC=C)C(=O)NCCCCCC(=O)O. The summed E-state index contributed by atoms with van der Waals surface area (Å²) in [6, 6.07) is -0.145. The topological polar surface area (TPSA) is 69.6 Å². The molecule has 0 heterocycles. The van der Waals surface area contributed by atoms with E-state index in [-0.39, 0.29) is 12.5 Å². The van der Waals surface area contributed by atoms with Crippen LogP contribution in [0.15, 0.2) is 25.3 Å². The van der Waals surface area contributed by atoms with Crippen LogP contribution < -0.4 is 5.32 Å². The summed E-state index contributed by atoms with van der Waals surface area (Å²) in [6.07, 6.45) is 5.75. The first-order valence-corrected chi connectivity index (χ1v) is 6.08. The van der Waals surface area contributed by atoms with Gasteiger partial charge in [0.25, 0.3) is 0 Å². The quantitative estimate of drug-likeness (QED) is 0.463. The Balaban J connectivity index is 3.69. The van der Waals surface area contributed by atoms with Gasteiger partial charge in [-0.15, -0.1) is 13.2 Å². The standard InChI is InChI=1S/C13H22N2O3/c1-3-10-15(11-4-2)13(18)14-9-7-5-6-8-12(16)17/h3-4H,1-2,5-11H2,(H,14,18)(H,16,17). The number of carboxylic acids is 1. The van der Waals surface area contributed by atoms with Crippen molar-refractivity contribution >= 4 is 12.0 Å². The summed E-state index contributed by atoms with van der Waals surface area (Å²) in [5.74, 6) is -0.776. The molecule has 2 N–H and O–H groups in total. The van der Waals surface area contributed by atoms with E-state index < -0.39 is 5.97 Å². The van der Waals surface area contributed by atoms with Crippen LogP contribution in [0.2, 0.25) is 0 Å². The summed E-state index contributed by atoms with van der Waals surface area (Å²) in [6.45, 7) is 8.71. The molecule has 0 aliphatic carbocycles. The average Bonchev–Trinajstić information content (AvgIpc) is 2.32. The van der Waals surface area contributed by atoms with Gasteiger partial charge in [0.05, 0.1) is 0 Å². The Morgan fingerprint density at radius 3 is 2.22 bits per heavy atom. The molecule has 2 amide bonds. The Kier molecular flexibility index (Phi) is 9.35. The lowest BCUT2D eigenvalue weighted by Crippen LogP contribution is -2.40. The molecule has 0 aliphatic rings. The predicted octanol–water partition coefficient (Wildman–Crippen LogP) is 2.02. The zero-order valence-electron chi connectivity index (χ0n) is 10.7. The molecule has 0 unspecified atom stereocenters. The molecule has 0 spiro atoms. The fourth-order valence-corrected chi connectivity index (χ4v) is 1.44. The minimum absolute atomic E-state index is 0.145. The number of nitrogens with zero attached hydrogens (tertiary/aromatic N) is 1. The first-order chi connectivity index (χ1) is 8.61. The number of carbonyl (C=O) groups excluding carboxylic acids is 1. The molecular formula is C13H22N2O3. The van der Waals surface area contributed by atoms with Crippen molar-refractivity contribution in [1.82, 2.24) is 10.2 Å². The third kappa shape index (κ3) is 8.38. The van der Waals surface area contributed by atoms with Crippen molar-refractivity contribution in [1.29, 1.82) is 0 Å². The summed E-state index contributed by atoms with van der Waals surface area (Å²) in [5.41, 5.74) is 0. The number of carboxylic acid groups (broad SMARTS) is 1. The first kappa shape index (κ1) is 16.2. The van der Waals surface area contributed by atoms with Crippen molar-refractivity contribution in [3.05, 3.63) is 25.3 Å². The van der Waals surface area contributed by atoms with Crippen molar-refractivity contribution in [2.75, 3.05) is 19.6 Å². The van der Waals surface area contributed by atoms with Gasteiger partial charge in [-0.05, 0) is 12.8 Å². The van der Waals surface area contributed by atoms with Crippen molar-refractivity contribution in [2.24, 2.45) is 0 Å². The number of urea groups is 1. The number of carbonyl (C=O) groups is 2. The number of unbranched alkanes of at least 4 members (excludes halogenated alkanes) is 2. The molecule has 0 aromatic heterocycles. The van der Waals surface area contributed by atoms with Crippen molar-refractivity contribution < 1.29 is 14.7 Å². The lowest BCUT2D eigenvalue weighted by Gasteiger charge is -2.19. The van der Waals surface area contributed by atoms with Gasteiger partial charge in [0.1, 0.15) is 0 Å². The van der Waals surface area contributed by atoms with E-state index in [4.69, 9.17) is 5.11 Å². The van der Waals surface area contributed by atoms with Gasteiger partial charge in [-0.3, -0.25) is 4.79 Å². The van der Waals surface area contributed by atoms with Crippen LogP contribution in [0.4, 0.5) is 4.79 Å². The highest BCUT2D eigenvalue weighted by Crippen LogP contribution is 1.99. The zero-order chi connectivity index (χ0) is 13.8. The van der Waals surface area contributed by atoms with E-state index in [0.29, 0.717) is 26.1 Å². The Hall–Kier alpha value is -1.78. The molecule has 0 atom stereocenters. The molecule has 0 bridgehead atoms. The molecule has 18 heavy (non-hydrogen) atoms. The summed E-state index contributed by atoms with van der Waals surface area (Å²) < 4.78 is 0. The van der Waals surface area contributed by atoms with E-state index in [1.54, 1.807) is 17.1 Å². The molecule has 0 radical (unpaired) electrons. The number of nitrogens with one attached hydrogen (secondary N) is 1. The van der Waals surface area contributed by atoms with Crippen LogP contribution in [0.1, 0.15) is 25.7 Å². The Morgan fingerprint density at radius 2 is 1.72 bits per heavy atom. The third-order valence-corrected chi connectivity index (χ3v) is 2.33. The van der Waals surface area contributed by atoms with E-state index >= 15 is 0 Å². The Morgan fingerprint density at radius 1 is 1.11 bits per heavy atom. The predicted molar refractivity (Wildman–Crippen MR) is 71.5 cm³/mol. The van der Waals surface area contributed by atoms with Gasteiger partial charge in [-0.25, -0.2) is 4.79 Å². The van der Waals surface area contributed by atoms with E-state index in [1.165, 1.54) is 0 Å². The normalized spacial score (nSPS) is 9.56. The number of aliphatic carboxylic acids is 1. The van der Waals surface area contributed by atoms with Gasteiger partial charge in [0, 0.05) is 26.1 Å². The molecule has 0 fully saturated rings. The Bertz CT molecular complexity index is 280. The van der Waals surface area contributed by atoms with Crippen LogP contribution in [-0.2, 0) is 4.79 Å². The van der Waals surface area contributed by atoms with Crippen LogP contribution in [0.5, 0.6) is 0 Å². The van der Waals surface area contributed by atoms with Crippen molar-refractivity contribution in [2.45, 2.75) is 25.7 Å². The van der Waals surface area contributed by atoms with Gasteiger partial charge in [0.15, 0.2) is 0 Å². The van der Waals surface area contributed by atoms with E-state index in [1.807, 2.05) is 0 Å². The molecule has 0 saturated heterocycles. The van der Waals surface area contributed by atoms with Crippen LogP contribution in [-0.4, -0.2) is 41.6 Å². The molecule has 0 aliphatic heterocycles. The van der Waals surface area contributed by atoms with Crippen molar-refractivity contribution in [3.8, 4) is 0 Å². The maximum Gasteiger partial charge on any atom is 0.317 e. The van der Waals surface area contributed by atoms with Crippen molar-refractivity contribution in [3.63, 3.8) is 0 Å². The van der Waals surface area contributed by atoms with E-state index in [0.717, 1.165) is 12.8 Å². The molecule has 0 saturated carbocycles. The summed E-state index contributed by atoms with van der Waals surface area (Å²) in [5, 5.41) is 11.2. The second kappa shape index (κ2) is 10.4. The van der Waals surface area contributed by atoms with Gasteiger partial charge >= 0.3 is 12.0 Å². The monoisotopic (exact) mass is 254 g/mol. The lowest BCUT2D eigenvalue weighted by atomic mass is 10.2. The minimum atomic E-state index is -0.776. The molecule has 5 nitrogen and oxygen atoms in total. The first-order valence-electron chi connectivity index (χ1n) is 6.08. The number of amides is 2. The molecule has 5 heteroatoms. The highest BCUT2D eigenvalue weighted by molar-refractivity contribution is 5.74. The number of rotatable bonds is 10.